The molecule has 2 aliphatic heterocycles. The maximum absolute atomic E-state index is 13.7. The van der Waals surface area contributed by atoms with Crippen molar-refractivity contribution >= 4 is 40.6 Å². The van der Waals surface area contributed by atoms with Crippen molar-refractivity contribution in [3.8, 4) is 0 Å². The first kappa shape index (κ1) is 22.4. The van der Waals surface area contributed by atoms with Crippen LogP contribution in [0.4, 0.5) is 18.9 Å². The molecular weight excluding hydrogens is 509 g/mol. The van der Waals surface area contributed by atoms with Gasteiger partial charge in [-0.1, -0.05) is 47.7 Å². The third-order valence-corrected chi connectivity index (χ3v) is 10.9. The lowest BCUT2D eigenvalue weighted by Gasteiger charge is -2.43. The number of halogens is 3. The molecule has 3 fully saturated rings. The van der Waals surface area contributed by atoms with Crippen molar-refractivity contribution in [3.05, 3.63) is 80.3 Å². The highest BCUT2D eigenvalue weighted by atomic mass is 32.2. The molecule has 1 saturated heterocycles. The molecule has 1 aromatic heterocycles. The van der Waals surface area contributed by atoms with Crippen molar-refractivity contribution < 1.29 is 22.8 Å². The summed E-state index contributed by atoms with van der Waals surface area (Å²) in [6.45, 7) is 0. The standard InChI is InChI=1S/C26H19F3N2O3S2/c27-26(28,29)12-7-4-8-13(9-12)31-23(32)18-14-10-15(19(18)24(31)33)20-17(14)16(11-5-2-1-3-6-11)21-22(35-20)30-25(34)36-21/h1-9,14-20H,10H2,(H,30,34)/t14-,15-,16+,17+,18+,19+,20-/m1/s1. The Bertz CT molecular complexity index is 1470. The Balaban J connectivity index is 1.30. The zero-order valence-corrected chi connectivity index (χ0v) is 20.2. The molecule has 1 N–H and O–H groups in total. The number of nitrogens with one attached hydrogen (secondary N) is 1. The van der Waals surface area contributed by atoms with Crippen LogP contribution >= 0.6 is 23.1 Å². The minimum atomic E-state index is -4.57. The largest absolute Gasteiger partial charge is 0.416 e. The van der Waals surface area contributed by atoms with Gasteiger partial charge in [0.15, 0.2) is 0 Å². The van der Waals surface area contributed by atoms with Crippen LogP contribution in [0.15, 0.2) is 64.4 Å². The van der Waals surface area contributed by atoms with Gasteiger partial charge in [-0.2, -0.15) is 13.2 Å². The first-order valence-electron chi connectivity index (χ1n) is 11.7. The molecule has 7 atom stereocenters. The van der Waals surface area contributed by atoms with E-state index in [0.717, 1.165) is 38.9 Å². The van der Waals surface area contributed by atoms with Gasteiger partial charge in [0.05, 0.1) is 28.1 Å². The Labute approximate surface area is 211 Å². The number of rotatable bonds is 2. The van der Waals surface area contributed by atoms with Crippen molar-refractivity contribution in [2.75, 3.05) is 4.90 Å². The Hall–Kier alpha value is -2.85. The molecular formula is C26H19F3N2O3S2. The van der Waals surface area contributed by atoms with E-state index in [9.17, 15) is 27.6 Å². The second-order valence-corrected chi connectivity index (χ2v) is 12.1. The van der Waals surface area contributed by atoms with E-state index in [0.29, 0.717) is 0 Å². The molecule has 36 heavy (non-hydrogen) atoms. The number of benzene rings is 2. The molecule has 2 aromatic carbocycles. The second-order valence-electron chi connectivity index (χ2n) is 9.93. The van der Waals surface area contributed by atoms with E-state index >= 15 is 0 Å². The van der Waals surface area contributed by atoms with E-state index in [1.807, 2.05) is 30.3 Å². The van der Waals surface area contributed by atoms with E-state index in [-0.39, 0.29) is 39.5 Å². The number of H-pyrrole nitrogens is 1. The monoisotopic (exact) mass is 528 g/mol. The van der Waals surface area contributed by atoms with Gasteiger partial charge in [0.1, 0.15) is 0 Å². The average Bonchev–Trinajstić information content (AvgIpc) is 3.58. The molecule has 10 heteroatoms. The highest BCUT2D eigenvalue weighted by Gasteiger charge is 2.69. The lowest BCUT2D eigenvalue weighted by atomic mass is 9.68. The van der Waals surface area contributed by atoms with Crippen LogP contribution < -0.4 is 9.77 Å². The van der Waals surface area contributed by atoms with Gasteiger partial charge in [-0.25, -0.2) is 0 Å². The summed E-state index contributed by atoms with van der Waals surface area (Å²) in [6.07, 6.45) is -3.84. The molecule has 2 bridgehead atoms. The Morgan fingerprint density at radius 2 is 1.64 bits per heavy atom. The van der Waals surface area contributed by atoms with E-state index < -0.39 is 35.4 Å². The fraction of sp³-hybridized carbons (Fsp3) is 0.346. The number of anilines is 1. The number of amides is 2. The van der Waals surface area contributed by atoms with Gasteiger partial charge >= 0.3 is 11.0 Å². The van der Waals surface area contributed by atoms with Crippen LogP contribution in [0.1, 0.15) is 28.3 Å². The number of imide groups is 1. The summed E-state index contributed by atoms with van der Waals surface area (Å²) in [6, 6.07) is 14.4. The summed E-state index contributed by atoms with van der Waals surface area (Å²) in [5.41, 5.74) is 0.162. The molecule has 5 nitrogen and oxygen atoms in total. The number of fused-ring (bicyclic) bond motifs is 9. The third kappa shape index (κ3) is 3.00. The number of aromatic nitrogens is 1. The Morgan fingerprint density at radius 1 is 0.917 bits per heavy atom. The molecule has 7 rings (SSSR count). The van der Waals surface area contributed by atoms with Crippen LogP contribution in [0, 0.1) is 29.6 Å². The highest BCUT2D eigenvalue weighted by molar-refractivity contribution is 8.00. The zero-order valence-electron chi connectivity index (χ0n) is 18.6. The second kappa shape index (κ2) is 7.58. The number of hydrogen-bond acceptors (Lipinski definition) is 5. The molecule has 0 spiro atoms. The fourth-order valence-electron chi connectivity index (χ4n) is 7.13. The molecule has 3 aromatic rings. The van der Waals surface area contributed by atoms with E-state index in [1.54, 1.807) is 11.8 Å². The lowest BCUT2D eigenvalue weighted by molar-refractivity contribution is -0.137. The minimum absolute atomic E-state index is 0.0210. The first-order chi connectivity index (χ1) is 17.2. The fourth-order valence-corrected chi connectivity index (χ4v) is 10.0. The number of thioether (sulfide) groups is 1. The number of nitrogens with zero attached hydrogens (tertiary/aromatic N) is 1. The SMILES string of the molecule is O=C1[C@H]2[C@H]3C[C@@H]([C@@H]2C(=O)N1c1cccc(C(F)(F)F)c1)[C@H]1[C@H](c2ccccc2)c2sc(=O)[nH]c2S[C@H]31. The smallest absolute Gasteiger partial charge is 0.307 e. The number of alkyl halides is 3. The summed E-state index contributed by atoms with van der Waals surface area (Å²) in [5.74, 6) is -2.09. The van der Waals surface area contributed by atoms with Crippen LogP contribution in [0.5, 0.6) is 0 Å². The summed E-state index contributed by atoms with van der Waals surface area (Å²) >= 11 is 2.79. The average molecular weight is 529 g/mol. The zero-order chi connectivity index (χ0) is 24.9. The van der Waals surface area contributed by atoms with Crippen LogP contribution in [0.2, 0.25) is 0 Å². The van der Waals surface area contributed by atoms with Crippen LogP contribution in [-0.4, -0.2) is 22.0 Å². The molecule has 184 valence electrons. The van der Waals surface area contributed by atoms with Gasteiger partial charge in [-0.05, 0) is 47.9 Å². The summed E-state index contributed by atoms with van der Waals surface area (Å²) in [5, 5.41) is 0.869. The highest BCUT2D eigenvalue weighted by Crippen LogP contribution is 2.68. The molecule has 2 aliphatic carbocycles. The van der Waals surface area contributed by atoms with E-state index in [1.165, 1.54) is 23.5 Å². The lowest BCUT2D eigenvalue weighted by Crippen LogP contribution is -2.42. The van der Waals surface area contributed by atoms with Gasteiger partial charge in [0.25, 0.3) is 0 Å². The molecule has 2 amide bonds. The number of thiazole rings is 1. The maximum atomic E-state index is 13.7. The molecule has 2 saturated carbocycles. The first-order valence-corrected chi connectivity index (χ1v) is 13.4. The van der Waals surface area contributed by atoms with Gasteiger partial charge in [-0.15, -0.1) is 11.8 Å². The van der Waals surface area contributed by atoms with Gasteiger partial charge in [0, 0.05) is 16.0 Å². The van der Waals surface area contributed by atoms with Crippen molar-refractivity contribution in [1.82, 2.24) is 4.98 Å². The number of hydrogen-bond donors (Lipinski definition) is 1. The third-order valence-electron chi connectivity index (χ3n) is 8.31. The molecule has 3 heterocycles. The minimum Gasteiger partial charge on any atom is -0.307 e. The molecule has 4 aliphatic rings. The molecule has 0 radical (unpaired) electrons. The van der Waals surface area contributed by atoms with Gasteiger partial charge in [0.2, 0.25) is 11.8 Å². The number of carbonyl (C=O) groups excluding carboxylic acids is 2. The van der Waals surface area contributed by atoms with Crippen molar-refractivity contribution in [3.63, 3.8) is 0 Å². The topological polar surface area (TPSA) is 70.2 Å². The van der Waals surface area contributed by atoms with Gasteiger partial charge < -0.3 is 4.98 Å². The van der Waals surface area contributed by atoms with Crippen LogP contribution in [0.3, 0.4) is 0 Å². The number of carbonyl (C=O) groups is 2. The summed E-state index contributed by atoms with van der Waals surface area (Å²) in [4.78, 5) is 44.3. The van der Waals surface area contributed by atoms with Crippen LogP contribution in [-0.2, 0) is 15.8 Å². The summed E-state index contributed by atoms with van der Waals surface area (Å²) in [7, 11) is 0. The van der Waals surface area contributed by atoms with E-state index in [4.69, 9.17) is 0 Å². The quantitative estimate of drug-likeness (QED) is 0.468. The Kier molecular flexibility index (Phi) is 4.71. The number of aromatic amines is 1. The van der Waals surface area contributed by atoms with Crippen molar-refractivity contribution in [2.45, 2.75) is 28.8 Å². The van der Waals surface area contributed by atoms with Crippen molar-refractivity contribution in [2.24, 2.45) is 29.6 Å². The predicted molar refractivity (Wildman–Crippen MR) is 129 cm³/mol. The normalized spacial score (nSPS) is 32.5. The van der Waals surface area contributed by atoms with Crippen molar-refractivity contribution in [1.29, 1.82) is 0 Å². The van der Waals surface area contributed by atoms with E-state index in [2.05, 4.69) is 4.98 Å². The predicted octanol–water partition coefficient (Wildman–Crippen LogP) is 5.13. The molecule has 0 unspecified atom stereocenters. The summed E-state index contributed by atoms with van der Waals surface area (Å²) < 4.78 is 40.0. The van der Waals surface area contributed by atoms with Crippen LogP contribution in [0.25, 0.3) is 0 Å². The maximum Gasteiger partial charge on any atom is 0.416 e. The Morgan fingerprint density at radius 3 is 2.36 bits per heavy atom. The van der Waals surface area contributed by atoms with Gasteiger partial charge in [-0.3, -0.25) is 19.3 Å².